The molecule has 2 aromatic carbocycles. The predicted octanol–water partition coefficient (Wildman–Crippen LogP) is 2.98. The Kier molecular flexibility index (Phi) is 5.93. The van der Waals surface area contributed by atoms with Gasteiger partial charge in [0.15, 0.2) is 5.11 Å². The molecule has 2 N–H and O–H groups in total. The maximum absolute atomic E-state index is 12.2. The fourth-order valence-electron chi connectivity index (χ4n) is 2.13. The number of rotatable bonds is 5. The molecular formula is C17H21N3O2S2. The van der Waals surface area contributed by atoms with Crippen LogP contribution in [0.1, 0.15) is 18.5 Å². The molecule has 0 spiro atoms. The van der Waals surface area contributed by atoms with E-state index in [4.69, 9.17) is 12.2 Å². The van der Waals surface area contributed by atoms with Crippen molar-refractivity contribution in [1.82, 2.24) is 9.62 Å². The minimum absolute atomic E-state index is 0.0416. The summed E-state index contributed by atoms with van der Waals surface area (Å²) in [4.78, 5) is 0.219. The first-order valence-electron chi connectivity index (χ1n) is 7.46. The zero-order chi connectivity index (χ0) is 17.7. The summed E-state index contributed by atoms with van der Waals surface area (Å²) in [6.45, 7) is 2.01. The van der Waals surface area contributed by atoms with Crippen LogP contribution < -0.4 is 10.6 Å². The van der Waals surface area contributed by atoms with Crippen LogP contribution in [0.3, 0.4) is 0 Å². The van der Waals surface area contributed by atoms with Crippen molar-refractivity contribution in [3.8, 4) is 0 Å². The fraction of sp³-hybridized carbons (Fsp3) is 0.235. The summed E-state index contributed by atoms with van der Waals surface area (Å²) in [6, 6.07) is 16.6. The molecule has 0 unspecified atom stereocenters. The first kappa shape index (κ1) is 18.4. The molecule has 0 amide bonds. The highest BCUT2D eigenvalue weighted by molar-refractivity contribution is 7.89. The number of hydrogen-bond acceptors (Lipinski definition) is 3. The number of hydrogen-bond donors (Lipinski definition) is 2. The summed E-state index contributed by atoms with van der Waals surface area (Å²) in [5, 5.41) is 6.65. The van der Waals surface area contributed by atoms with Gasteiger partial charge in [0.05, 0.1) is 10.9 Å². The van der Waals surface area contributed by atoms with E-state index in [-0.39, 0.29) is 10.9 Å². The zero-order valence-corrected chi connectivity index (χ0v) is 15.5. The molecule has 0 heterocycles. The van der Waals surface area contributed by atoms with Gasteiger partial charge < -0.3 is 10.6 Å². The standard InChI is InChI=1S/C17H21N3O2S2/c1-13(14-8-5-4-6-9-14)18-17(23)19-15-10-7-11-16(12-15)24(21,22)20(2)3/h4-13H,1-3H3,(H2,18,19,23)/t13-/m0/s1. The maximum Gasteiger partial charge on any atom is 0.242 e. The zero-order valence-electron chi connectivity index (χ0n) is 13.9. The van der Waals surface area contributed by atoms with Gasteiger partial charge in [-0.15, -0.1) is 0 Å². The molecule has 0 aliphatic carbocycles. The molecule has 0 saturated carbocycles. The largest absolute Gasteiger partial charge is 0.356 e. The van der Waals surface area contributed by atoms with E-state index >= 15 is 0 Å². The van der Waals surface area contributed by atoms with Crippen LogP contribution in [0.15, 0.2) is 59.5 Å². The van der Waals surface area contributed by atoms with Gasteiger partial charge in [-0.2, -0.15) is 0 Å². The van der Waals surface area contributed by atoms with Crippen molar-refractivity contribution < 1.29 is 8.42 Å². The predicted molar refractivity (Wildman–Crippen MR) is 102 cm³/mol. The molecule has 7 heteroatoms. The van der Waals surface area contributed by atoms with Crippen molar-refractivity contribution in [3.63, 3.8) is 0 Å². The van der Waals surface area contributed by atoms with Gasteiger partial charge in [0.1, 0.15) is 0 Å². The number of anilines is 1. The van der Waals surface area contributed by atoms with Crippen molar-refractivity contribution in [3.05, 3.63) is 60.2 Å². The molecule has 24 heavy (non-hydrogen) atoms. The Hall–Kier alpha value is -1.96. The van der Waals surface area contributed by atoms with Crippen molar-refractivity contribution in [2.45, 2.75) is 17.9 Å². The van der Waals surface area contributed by atoms with Crippen molar-refractivity contribution >= 4 is 33.0 Å². The lowest BCUT2D eigenvalue weighted by atomic mass is 10.1. The third-order valence-corrected chi connectivity index (χ3v) is 5.55. The van der Waals surface area contributed by atoms with Crippen molar-refractivity contribution in [1.29, 1.82) is 0 Å². The fourth-order valence-corrected chi connectivity index (χ4v) is 3.38. The summed E-state index contributed by atoms with van der Waals surface area (Å²) in [7, 11) is -0.465. The molecule has 128 valence electrons. The molecule has 0 radical (unpaired) electrons. The lowest BCUT2D eigenvalue weighted by Gasteiger charge is -2.18. The quantitative estimate of drug-likeness (QED) is 0.800. The minimum atomic E-state index is -3.47. The molecular weight excluding hydrogens is 342 g/mol. The van der Waals surface area contributed by atoms with E-state index in [0.717, 1.165) is 5.56 Å². The molecule has 0 fully saturated rings. The average molecular weight is 364 g/mol. The van der Waals surface area contributed by atoms with Gasteiger partial charge >= 0.3 is 0 Å². The van der Waals surface area contributed by atoms with Crippen LogP contribution in [0, 0.1) is 0 Å². The summed E-state index contributed by atoms with van der Waals surface area (Å²) >= 11 is 5.32. The summed E-state index contributed by atoms with van der Waals surface area (Å²) in [5.41, 5.74) is 1.74. The number of sulfonamides is 1. The normalized spacial score (nSPS) is 12.7. The summed E-state index contributed by atoms with van der Waals surface area (Å²) in [6.07, 6.45) is 0. The van der Waals surface area contributed by atoms with Gasteiger partial charge in [-0.05, 0) is 42.9 Å². The molecule has 2 aromatic rings. The number of thiocarbonyl (C=S) groups is 1. The second-order valence-corrected chi connectivity index (χ2v) is 8.11. The van der Waals surface area contributed by atoms with E-state index < -0.39 is 10.0 Å². The maximum atomic E-state index is 12.2. The Morgan fingerprint density at radius 3 is 2.38 bits per heavy atom. The SMILES string of the molecule is C[C@H](NC(=S)Nc1cccc(S(=O)(=O)N(C)C)c1)c1ccccc1. The summed E-state index contributed by atoms with van der Waals surface area (Å²) < 4.78 is 25.5. The molecule has 0 aliphatic rings. The highest BCUT2D eigenvalue weighted by Gasteiger charge is 2.17. The number of nitrogens with one attached hydrogen (secondary N) is 2. The third kappa shape index (κ3) is 4.53. The second-order valence-electron chi connectivity index (χ2n) is 5.55. The third-order valence-electron chi connectivity index (χ3n) is 3.52. The monoisotopic (exact) mass is 363 g/mol. The van der Waals surface area contributed by atoms with Gasteiger partial charge in [-0.1, -0.05) is 36.4 Å². The summed E-state index contributed by atoms with van der Waals surface area (Å²) in [5.74, 6) is 0. The van der Waals surface area contributed by atoms with Crippen LogP contribution >= 0.6 is 12.2 Å². The topological polar surface area (TPSA) is 61.4 Å². The average Bonchev–Trinajstić information content (AvgIpc) is 2.55. The Balaban J connectivity index is 2.07. The smallest absolute Gasteiger partial charge is 0.242 e. The van der Waals surface area contributed by atoms with Crippen LogP contribution in [-0.2, 0) is 10.0 Å². The van der Waals surface area contributed by atoms with Crippen LogP contribution in [0.2, 0.25) is 0 Å². The molecule has 0 saturated heterocycles. The van der Waals surface area contributed by atoms with E-state index in [1.54, 1.807) is 24.3 Å². The Labute approximate surface area is 148 Å². The van der Waals surface area contributed by atoms with E-state index in [1.165, 1.54) is 18.4 Å². The minimum Gasteiger partial charge on any atom is -0.356 e. The van der Waals surface area contributed by atoms with Crippen molar-refractivity contribution in [2.75, 3.05) is 19.4 Å². The van der Waals surface area contributed by atoms with Crippen LogP contribution in [-0.4, -0.2) is 31.9 Å². The molecule has 0 bridgehead atoms. The van der Waals surface area contributed by atoms with Crippen LogP contribution in [0.4, 0.5) is 5.69 Å². The Bertz CT molecular complexity index is 806. The molecule has 0 aliphatic heterocycles. The molecule has 0 aromatic heterocycles. The van der Waals surface area contributed by atoms with E-state index in [0.29, 0.717) is 10.8 Å². The van der Waals surface area contributed by atoms with Gasteiger partial charge in [-0.3, -0.25) is 0 Å². The number of benzene rings is 2. The van der Waals surface area contributed by atoms with Gasteiger partial charge in [0.25, 0.3) is 0 Å². The molecule has 1 atom stereocenters. The highest BCUT2D eigenvalue weighted by atomic mass is 32.2. The Morgan fingerprint density at radius 1 is 1.08 bits per heavy atom. The lowest BCUT2D eigenvalue weighted by Crippen LogP contribution is -2.31. The first-order valence-corrected chi connectivity index (χ1v) is 9.30. The lowest BCUT2D eigenvalue weighted by molar-refractivity contribution is 0.521. The van der Waals surface area contributed by atoms with E-state index in [9.17, 15) is 8.42 Å². The highest BCUT2D eigenvalue weighted by Crippen LogP contribution is 2.18. The van der Waals surface area contributed by atoms with Crippen molar-refractivity contribution in [2.24, 2.45) is 0 Å². The van der Waals surface area contributed by atoms with Gasteiger partial charge in [0, 0.05) is 19.8 Å². The van der Waals surface area contributed by atoms with E-state index in [2.05, 4.69) is 10.6 Å². The second kappa shape index (κ2) is 7.74. The van der Waals surface area contributed by atoms with Crippen LogP contribution in [0.5, 0.6) is 0 Å². The van der Waals surface area contributed by atoms with Gasteiger partial charge in [-0.25, -0.2) is 12.7 Å². The van der Waals surface area contributed by atoms with Crippen LogP contribution in [0.25, 0.3) is 0 Å². The number of nitrogens with zero attached hydrogens (tertiary/aromatic N) is 1. The van der Waals surface area contributed by atoms with Gasteiger partial charge in [0.2, 0.25) is 10.0 Å². The van der Waals surface area contributed by atoms with E-state index in [1.807, 2.05) is 37.3 Å². The Morgan fingerprint density at radius 2 is 1.75 bits per heavy atom. The molecule has 5 nitrogen and oxygen atoms in total. The molecule has 2 rings (SSSR count). The first-order chi connectivity index (χ1) is 11.3.